The zero-order chi connectivity index (χ0) is 17.8. The number of likely N-dealkylation sites (tertiary alicyclic amines) is 1. The molecule has 2 fully saturated rings. The van der Waals surface area contributed by atoms with Crippen molar-refractivity contribution in [1.29, 1.82) is 0 Å². The van der Waals surface area contributed by atoms with Crippen molar-refractivity contribution in [2.75, 3.05) is 0 Å². The molecule has 1 aliphatic carbocycles. The molecule has 1 aromatic carbocycles. The van der Waals surface area contributed by atoms with Gasteiger partial charge < -0.3 is 4.90 Å². The van der Waals surface area contributed by atoms with Crippen molar-refractivity contribution in [3.05, 3.63) is 35.9 Å². The van der Waals surface area contributed by atoms with E-state index >= 15 is 0 Å². The fourth-order valence-electron chi connectivity index (χ4n) is 4.57. The number of hydrogen-bond acceptors (Lipinski definition) is 4. The van der Waals surface area contributed by atoms with Crippen LogP contribution in [0, 0.1) is 5.92 Å². The molecule has 0 spiro atoms. The van der Waals surface area contributed by atoms with E-state index in [1.165, 1.54) is 18.4 Å². The molecule has 2 aliphatic rings. The van der Waals surface area contributed by atoms with Crippen molar-refractivity contribution >= 4 is 5.91 Å². The Morgan fingerprint density at radius 2 is 2.12 bits per heavy atom. The summed E-state index contributed by atoms with van der Waals surface area (Å²) in [4.78, 5) is 19.4. The third-order valence-corrected chi connectivity index (χ3v) is 5.82. The van der Waals surface area contributed by atoms with Crippen LogP contribution in [0.15, 0.2) is 30.3 Å². The zero-order valence-electron chi connectivity index (χ0n) is 15.2. The first-order chi connectivity index (χ1) is 12.1. The summed E-state index contributed by atoms with van der Waals surface area (Å²) in [7, 11) is 0. The van der Waals surface area contributed by atoms with Gasteiger partial charge in [0.05, 0.1) is 0 Å². The van der Waals surface area contributed by atoms with E-state index in [2.05, 4.69) is 29.3 Å². The zero-order valence-corrected chi connectivity index (χ0v) is 15.2. The minimum Gasteiger partial charge on any atom is -0.333 e. The fourth-order valence-corrected chi connectivity index (χ4v) is 4.57. The van der Waals surface area contributed by atoms with E-state index in [4.69, 9.17) is 0 Å². The maximum Gasteiger partial charge on any atom is 0.270 e. The summed E-state index contributed by atoms with van der Waals surface area (Å²) >= 11 is 0. The quantitative estimate of drug-likeness (QED) is 0.452. The molecule has 138 valence electrons. The lowest BCUT2D eigenvalue weighted by atomic mass is 10.0. The highest BCUT2D eigenvalue weighted by atomic mass is 17.1. The summed E-state index contributed by atoms with van der Waals surface area (Å²) in [6, 6.07) is 10.9. The molecule has 0 bridgehead atoms. The number of carbonyl (C=O) groups is 1. The Morgan fingerprint density at radius 1 is 1.36 bits per heavy atom. The number of hydrogen-bond donors (Lipinski definition) is 2. The van der Waals surface area contributed by atoms with Gasteiger partial charge in [-0.3, -0.25) is 10.1 Å². The molecule has 2 unspecified atom stereocenters. The summed E-state index contributed by atoms with van der Waals surface area (Å²) in [6.45, 7) is 4.12. The van der Waals surface area contributed by atoms with Crippen LogP contribution in [0.5, 0.6) is 0 Å². The predicted molar refractivity (Wildman–Crippen MR) is 96.9 cm³/mol. The van der Waals surface area contributed by atoms with Crippen LogP contribution in [0.3, 0.4) is 0 Å². The van der Waals surface area contributed by atoms with Gasteiger partial charge in [-0.15, -0.1) is 0 Å². The summed E-state index contributed by atoms with van der Waals surface area (Å²) in [5, 5.41) is 12.5. The standard InChI is InChI=1S/C20H30N2O3/c1-14(11-12-16-7-4-3-5-8-16)21-19(25-24)20(23)22-15(2)13-17-9-6-10-18(17)22/h3-5,7-8,14-15,17-19,21,24H,6,9-13H2,1-2H3/t14-,15-,17?,18?,19+/m1/s1. The second-order valence-corrected chi connectivity index (χ2v) is 7.67. The van der Waals surface area contributed by atoms with E-state index in [0.717, 1.165) is 25.7 Å². The molecule has 1 saturated heterocycles. The first-order valence-corrected chi connectivity index (χ1v) is 9.52. The smallest absolute Gasteiger partial charge is 0.270 e. The molecule has 1 aromatic rings. The average Bonchev–Trinajstić information content (AvgIpc) is 3.18. The Kier molecular flexibility index (Phi) is 6.10. The number of rotatable bonds is 7. The van der Waals surface area contributed by atoms with Gasteiger partial charge in [0, 0.05) is 18.1 Å². The summed E-state index contributed by atoms with van der Waals surface area (Å²) in [6.07, 6.45) is 5.36. The van der Waals surface area contributed by atoms with Crippen LogP contribution in [0.2, 0.25) is 0 Å². The van der Waals surface area contributed by atoms with Crippen LogP contribution < -0.4 is 5.32 Å². The van der Waals surface area contributed by atoms with Crippen molar-refractivity contribution < 1.29 is 14.9 Å². The molecule has 5 atom stereocenters. The molecule has 5 nitrogen and oxygen atoms in total. The van der Waals surface area contributed by atoms with Crippen molar-refractivity contribution in [1.82, 2.24) is 10.2 Å². The lowest BCUT2D eigenvalue weighted by molar-refractivity contribution is -0.283. The SMILES string of the molecule is C[C@H](CCc1ccccc1)N[C@@H](OO)C(=O)N1C2CCCC2C[C@H]1C. The molecule has 0 aromatic heterocycles. The molecular weight excluding hydrogens is 316 g/mol. The van der Waals surface area contributed by atoms with Crippen LogP contribution in [0.4, 0.5) is 0 Å². The van der Waals surface area contributed by atoms with Crippen molar-refractivity contribution in [3.8, 4) is 0 Å². The summed E-state index contributed by atoms with van der Waals surface area (Å²) in [5.41, 5.74) is 1.27. The molecule has 0 radical (unpaired) electrons. The third-order valence-electron chi connectivity index (χ3n) is 5.82. The normalized spacial score (nSPS) is 28.0. The van der Waals surface area contributed by atoms with Crippen LogP contribution >= 0.6 is 0 Å². The van der Waals surface area contributed by atoms with E-state index < -0.39 is 6.23 Å². The maximum atomic E-state index is 12.9. The van der Waals surface area contributed by atoms with Crippen molar-refractivity contribution in [2.45, 2.75) is 76.7 Å². The molecule has 25 heavy (non-hydrogen) atoms. The van der Waals surface area contributed by atoms with E-state index in [1.807, 2.05) is 30.0 Å². The lowest BCUT2D eigenvalue weighted by Crippen LogP contribution is -2.53. The number of aryl methyl sites for hydroxylation is 1. The number of fused-ring (bicyclic) bond motifs is 1. The van der Waals surface area contributed by atoms with E-state index in [1.54, 1.807) is 0 Å². The average molecular weight is 346 g/mol. The first-order valence-electron chi connectivity index (χ1n) is 9.52. The maximum absolute atomic E-state index is 12.9. The van der Waals surface area contributed by atoms with Crippen LogP contribution in [-0.4, -0.2) is 40.4 Å². The van der Waals surface area contributed by atoms with E-state index in [0.29, 0.717) is 12.0 Å². The number of amides is 1. The Labute approximate surface area is 150 Å². The summed E-state index contributed by atoms with van der Waals surface area (Å²) in [5.74, 6) is 0.491. The largest absolute Gasteiger partial charge is 0.333 e. The molecular formula is C20H30N2O3. The van der Waals surface area contributed by atoms with Crippen LogP contribution in [0.25, 0.3) is 0 Å². The number of nitrogens with one attached hydrogen (secondary N) is 1. The van der Waals surface area contributed by atoms with Crippen molar-refractivity contribution in [3.63, 3.8) is 0 Å². The van der Waals surface area contributed by atoms with Gasteiger partial charge in [-0.25, -0.2) is 10.1 Å². The highest BCUT2D eigenvalue weighted by Gasteiger charge is 2.46. The van der Waals surface area contributed by atoms with Gasteiger partial charge in [-0.2, -0.15) is 0 Å². The highest BCUT2D eigenvalue weighted by molar-refractivity contribution is 5.81. The van der Waals surface area contributed by atoms with Crippen LogP contribution in [0.1, 0.15) is 51.5 Å². The Morgan fingerprint density at radius 3 is 2.84 bits per heavy atom. The fraction of sp³-hybridized carbons (Fsp3) is 0.650. The first kappa shape index (κ1) is 18.4. The molecule has 1 aliphatic heterocycles. The number of carbonyl (C=O) groups excluding carboxylic acids is 1. The lowest BCUT2D eigenvalue weighted by Gasteiger charge is -2.31. The van der Waals surface area contributed by atoms with E-state index in [9.17, 15) is 10.1 Å². The third kappa shape index (κ3) is 4.22. The van der Waals surface area contributed by atoms with Gasteiger partial charge >= 0.3 is 0 Å². The van der Waals surface area contributed by atoms with Gasteiger partial charge in [0.2, 0.25) is 6.23 Å². The second kappa shape index (κ2) is 8.30. The van der Waals surface area contributed by atoms with Crippen LogP contribution in [-0.2, 0) is 16.1 Å². The minimum atomic E-state index is -0.979. The van der Waals surface area contributed by atoms with Gasteiger partial charge in [0.25, 0.3) is 5.91 Å². The Balaban J connectivity index is 1.55. The molecule has 2 N–H and O–H groups in total. The molecule has 5 heteroatoms. The molecule has 1 amide bonds. The molecule has 1 saturated carbocycles. The van der Waals surface area contributed by atoms with Gasteiger partial charge in [0.1, 0.15) is 0 Å². The number of benzene rings is 1. The Bertz CT molecular complexity index is 565. The highest BCUT2D eigenvalue weighted by Crippen LogP contribution is 2.41. The van der Waals surface area contributed by atoms with Gasteiger partial charge in [-0.05, 0) is 57.4 Å². The minimum absolute atomic E-state index is 0.0681. The van der Waals surface area contributed by atoms with Crippen molar-refractivity contribution in [2.24, 2.45) is 5.92 Å². The molecule has 1 heterocycles. The topological polar surface area (TPSA) is 61.8 Å². The number of nitrogens with zero attached hydrogens (tertiary/aromatic N) is 1. The van der Waals surface area contributed by atoms with E-state index in [-0.39, 0.29) is 18.0 Å². The summed E-state index contributed by atoms with van der Waals surface area (Å²) < 4.78 is 0. The monoisotopic (exact) mass is 346 g/mol. The van der Waals surface area contributed by atoms with Gasteiger partial charge in [-0.1, -0.05) is 36.8 Å². The predicted octanol–water partition coefficient (Wildman–Crippen LogP) is 3.20. The Hall–Kier alpha value is -1.43. The molecule has 3 rings (SSSR count). The van der Waals surface area contributed by atoms with Gasteiger partial charge in [0.15, 0.2) is 0 Å². The second-order valence-electron chi connectivity index (χ2n) is 7.67.